The summed E-state index contributed by atoms with van der Waals surface area (Å²) in [5, 5.41) is 6.26. The van der Waals surface area contributed by atoms with Crippen LogP contribution >= 0.6 is 0 Å². The van der Waals surface area contributed by atoms with Crippen molar-refractivity contribution in [1.29, 1.82) is 0 Å². The van der Waals surface area contributed by atoms with E-state index in [1.54, 1.807) is 0 Å². The largest absolute Gasteiger partial charge is 0.378 e. The molecule has 0 saturated heterocycles. The van der Waals surface area contributed by atoms with E-state index >= 15 is 0 Å². The number of carbonyl (C=O) groups is 1. The minimum absolute atomic E-state index is 0.0145. The molecule has 5 nitrogen and oxygen atoms in total. The lowest BCUT2D eigenvalue weighted by atomic mass is 9.54. The van der Waals surface area contributed by atoms with Crippen molar-refractivity contribution in [2.45, 2.75) is 38.8 Å². The highest BCUT2D eigenvalue weighted by molar-refractivity contribution is 5.99. The Bertz CT molecular complexity index is 759. The van der Waals surface area contributed by atoms with Crippen LogP contribution in [0, 0.1) is 5.41 Å². The number of nitrogens with one attached hydrogen (secondary N) is 2. The van der Waals surface area contributed by atoms with Crippen LogP contribution in [0.4, 0.5) is 17.1 Å². The maximum atomic E-state index is 12.8. The zero-order valence-corrected chi connectivity index (χ0v) is 15.6. The van der Waals surface area contributed by atoms with E-state index in [1.807, 2.05) is 75.4 Å². The lowest BCUT2D eigenvalue weighted by Crippen LogP contribution is -2.74. The van der Waals surface area contributed by atoms with E-state index < -0.39 is 11.0 Å². The van der Waals surface area contributed by atoms with Crippen molar-refractivity contribution in [3.05, 3.63) is 54.6 Å². The highest BCUT2D eigenvalue weighted by atomic mass is 16.5. The summed E-state index contributed by atoms with van der Waals surface area (Å²) in [5.41, 5.74) is 7.80. The molecule has 0 aliphatic heterocycles. The SMILES string of the molecule is CCOC1CC(N)(C(=O)Nc2ccc(Nc3ccccc3)cc2)C1(C)C. The number of hydrogen-bond donors (Lipinski definition) is 3. The number of hydrogen-bond acceptors (Lipinski definition) is 4. The second-order valence-electron chi connectivity index (χ2n) is 7.36. The minimum atomic E-state index is -0.923. The van der Waals surface area contributed by atoms with Crippen molar-refractivity contribution >= 4 is 23.0 Å². The van der Waals surface area contributed by atoms with Crippen molar-refractivity contribution in [1.82, 2.24) is 0 Å². The molecule has 2 unspecified atom stereocenters. The molecule has 2 atom stereocenters. The number of para-hydroxylation sites is 1. The van der Waals surface area contributed by atoms with Gasteiger partial charge in [0.05, 0.1) is 6.10 Å². The first-order valence-corrected chi connectivity index (χ1v) is 9.01. The fourth-order valence-corrected chi connectivity index (χ4v) is 3.39. The average Bonchev–Trinajstić information content (AvgIpc) is 2.64. The molecule has 0 spiro atoms. The first-order valence-electron chi connectivity index (χ1n) is 9.01. The molecule has 5 heteroatoms. The molecule has 26 heavy (non-hydrogen) atoms. The Balaban J connectivity index is 1.63. The van der Waals surface area contributed by atoms with E-state index in [1.165, 1.54) is 0 Å². The summed E-state index contributed by atoms with van der Waals surface area (Å²) >= 11 is 0. The molecular formula is C21H27N3O2. The molecule has 0 bridgehead atoms. The van der Waals surface area contributed by atoms with Crippen LogP contribution in [-0.2, 0) is 9.53 Å². The second kappa shape index (κ2) is 7.09. The van der Waals surface area contributed by atoms with E-state index in [-0.39, 0.29) is 12.0 Å². The van der Waals surface area contributed by atoms with E-state index in [9.17, 15) is 4.79 Å². The quantitative estimate of drug-likeness (QED) is 0.736. The summed E-state index contributed by atoms with van der Waals surface area (Å²) in [6.07, 6.45) is 0.550. The van der Waals surface area contributed by atoms with Gasteiger partial charge in [0.15, 0.2) is 0 Å². The number of ether oxygens (including phenoxy) is 1. The number of amides is 1. The molecule has 1 amide bonds. The Morgan fingerprint density at radius 2 is 1.65 bits per heavy atom. The minimum Gasteiger partial charge on any atom is -0.378 e. The lowest BCUT2D eigenvalue weighted by molar-refractivity contribution is -0.166. The van der Waals surface area contributed by atoms with Gasteiger partial charge in [-0.1, -0.05) is 32.0 Å². The van der Waals surface area contributed by atoms with Crippen molar-refractivity contribution < 1.29 is 9.53 Å². The molecule has 4 N–H and O–H groups in total. The van der Waals surface area contributed by atoms with E-state index in [4.69, 9.17) is 10.5 Å². The van der Waals surface area contributed by atoms with Gasteiger partial charge < -0.3 is 21.1 Å². The van der Waals surface area contributed by atoms with Gasteiger partial charge in [-0.2, -0.15) is 0 Å². The molecule has 0 aromatic heterocycles. The van der Waals surface area contributed by atoms with Crippen LogP contribution in [0.1, 0.15) is 27.2 Å². The monoisotopic (exact) mass is 353 g/mol. The van der Waals surface area contributed by atoms with E-state index in [0.29, 0.717) is 13.0 Å². The predicted octanol–water partition coefficient (Wildman–Crippen LogP) is 3.90. The Morgan fingerprint density at radius 1 is 1.08 bits per heavy atom. The summed E-state index contributed by atoms with van der Waals surface area (Å²) in [5.74, 6) is -0.165. The Labute approximate surface area is 154 Å². The van der Waals surface area contributed by atoms with Crippen LogP contribution in [0.5, 0.6) is 0 Å². The van der Waals surface area contributed by atoms with Gasteiger partial charge in [0, 0.05) is 35.5 Å². The second-order valence-corrected chi connectivity index (χ2v) is 7.36. The Morgan fingerprint density at radius 3 is 2.23 bits per heavy atom. The summed E-state index contributed by atoms with van der Waals surface area (Å²) in [4.78, 5) is 12.8. The fourth-order valence-electron chi connectivity index (χ4n) is 3.39. The smallest absolute Gasteiger partial charge is 0.245 e. The summed E-state index contributed by atoms with van der Waals surface area (Å²) < 4.78 is 5.69. The third-order valence-corrected chi connectivity index (χ3v) is 5.44. The molecule has 1 aliphatic carbocycles. The maximum absolute atomic E-state index is 12.8. The molecule has 1 fully saturated rings. The van der Waals surface area contributed by atoms with Crippen LogP contribution in [0.15, 0.2) is 54.6 Å². The van der Waals surface area contributed by atoms with Gasteiger partial charge in [0.25, 0.3) is 0 Å². The highest BCUT2D eigenvalue weighted by Gasteiger charge is 2.62. The van der Waals surface area contributed by atoms with Gasteiger partial charge in [-0.3, -0.25) is 4.79 Å². The van der Waals surface area contributed by atoms with Crippen LogP contribution in [0.3, 0.4) is 0 Å². The molecule has 2 aromatic rings. The number of anilines is 3. The molecule has 0 radical (unpaired) electrons. The number of carbonyl (C=O) groups excluding carboxylic acids is 1. The van der Waals surface area contributed by atoms with Gasteiger partial charge in [-0.25, -0.2) is 0 Å². The first kappa shape index (κ1) is 18.4. The third kappa shape index (κ3) is 3.32. The van der Waals surface area contributed by atoms with Gasteiger partial charge in [0.2, 0.25) is 5.91 Å². The number of benzene rings is 2. The summed E-state index contributed by atoms with van der Waals surface area (Å²) in [6.45, 7) is 6.56. The van der Waals surface area contributed by atoms with Crippen molar-refractivity contribution in [3.8, 4) is 0 Å². The van der Waals surface area contributed by atoms with Crippen molar-refractivity contribution in [2.75, 3.05) is 17.2 Å². The van der Waals surface area contributed by atoms with Gasteiger partial charge in [-0.15, -0.1) is 0 Å². The van der Waals surface area contributed by atoms with Crippen LogP contribution < -0.4 is 16.4 Å². The van der Waals surface area contributed by atoms with E-state index in [2.05, 4.69) is 10.6 Å². The Kier molecular flexibility index (Phi) is 5.03. The third-order valence-electron chi connectivity index (χ3n) is 5.44. The highest BCUT2D eigenvalue weighted by Crippen LogP contribution is 2.50. The summed E-state index contributed by atoms with van der Waals surface area (Å²) in [6, 6.07) is 17.5. The van der Waals surface area contributed by atoms with Crippen molar-refractivity contribution in [3.63, 3.8) is 0 Å². The van der Waals surface area contributed by atoms with E-state index in [0.717, 1.165) is 17.1 Å². The zero-order chi connectivity index (χ0) is 18.8. The van der Waals surface area contributed by atoms with Gasteiger partial charge in [-0.05, 0) is 43.3 Å². The zero-order valence-electron chi connectivity index (χ0n) is 15.6. The van der Waals surface area contributed by atoms with Gasteiger partial charge >= 0.3 is 0 Å². The lowest BCUT2D eigenvalue weighted by Gasteiger charge is -2.57. The molecule has 1 saturated carbocycles. The molecular weight excluding hydrogens is 326 g/mol. The average molecular weight is 353 g/mol. The summed E-state index contributed by atoms with van der Waals surface area (Å²) in [7, 11) is 0. The Hall–Kier alpha value is -2.37. The van der Waals surface area contributed by atoms with Crippen molar-refractivity contribution in [2.24, 2.45) is 11.1 Å². The molecule has 2 aromatic carbocycles. The number of rotatable bonds is 6. The normalized spacial score (nSPS) is 23.8. The first-order chi connectivity index (χ1) is 12.4. The van der Waals surface area contributed by atoms with Crippen LogP contribution in [0.25, 0.3) is 0 Å². The molecule has 138 valence electrons. The van der Waals surface area contributed by atoms with Crippen LogP contribution in [0.2, 0.25) is 0 Å². The van der Waals surface area contributed by atoms with Gasteiger partial charge in [0.1, 0.15) is 5.54 Å². The maximum Gasteiger partial charge on any atom is 0.245 e. The topological polar surface area (TPSA) is 76.4 Å². The molecule has 3 rings (SSSR count). The van der Waals surface area contributed by atoms with Crippen LogP contribution in [-0.4, -0.2) is 24.2 Å². The standard InChI is InChI=1S/C21H27N3O2/c1-4-26-18-14-21(22,20(18,2)3)19(25)24-17-12-10-16(11-13-17)23-15-8-6-5-7-9-15/h5-13,18,23H,4,14,22H2,1-3H3,(H,24,25). The molecule has 1 aliphatic rings. The number of nitrogens with two attached hydrogens (primary N) is 1. The predicted molar refractivity (Wildman–Crippen MR) is 106 cm³/mol. The molecule has 0 heterocycles. The fraction of sp³-hybridized carbons (Fsp3) is 0.381.